The van der Waals surface area contributed by atoms with Gasteiger partial charge in [-0.1, -0.05) is 31.9 Å². The molecule has 1 aromatic carbocycles. The maximum Gasteiger partial charge on any atom is 0.268 e. The van der Waals surface area contributed by atoms with Crippen LogP contribution in [0.3, 0.4) is 0 Å². The van der Waals surface area contributed by atoms with Gasteiger partial charge in [-0.15, -0.1) is 5.92 Å². The molecular formula is C30H33N5O2. The first kappa shape index (κ1) is 24.8. The first-order chi connectivity index (χ1) is 18.0. The Morgan fingerprint density at radius 1 is 1.19 bits per heavy atom. The average molecular weight is 496 g/mol. The summed E-state index contributed by atoms with van der Waals surface area (Å²) in [5.74, 6) is 8.03. The molecule has 5 rings (SSSR count). The highest BCUT2D eigenvalue weighted by Crippen LogP contribution is 2.24. The van der Waals surface area contributed by atoms with Crippen LogP contribution in [0.5, 0.6) is 0 Å². The van der Waals surface area contributed by atoms with E-state index in [1.54, 1.807) is 30.0 Å². The van der Waals surface area contributed by atoms with Gasteiger partial charge in [0.15, 0.2) is 0 Å². The van der Waals surface area contributed by atoms with Crippen molar-refractivity contribution in [3.05, 3.63) is 81.7 Å². The Labute approximate surface area is 217 Å². The smallest absolute Gasteiger partial charge is 0.268 e. The van der Waals surface area contributed by atoms with Crippen LogP contribution in [0.1, 0.15) is 62.0 Å². The number of rotatable bonds is 7. The molecule has 0 unspecified atom stereocenters. The molecule has 0 aliphatic carbocycles. The number of furan rings is 1. The fraction of sp³-hybridized carbons (Fsp3) is 0.367. The molecule has 190 valence electrons. The minimum Gasteiger partial charge on any atom is -0.469 e. The van der Waals surface area contributed by atoms with Gasteiger partial charge in [-0.3, -0.25) is 9.36 Å². The molecule has 0 bridgehead atoms. The molecule has 4 aromatic rings. The molecule has 1 fully saturated rings. The lowest BCUT2D eigenvalue weighted by Crippen LogP contribution is -2.28. The van der Waals surface area contributed by atoms with Gasteiger partial charge in [-0.05, 0) is 75.0 Å². The summed E-state index contributed by atoms with van der Waals surface area (Å²) in [6.45, 7) is 8.44. The molecule has 3 aromatic heterocycles. The largest absolute Gasteiger partial charge is 0.469 e. The molecule has 7 heteroatoms. The molecule has 1 aliphatic heterocycles. The Balaban J connectivity index is 1.44. The number of benzene rings is 1. The Morgan fingerprint density at radius 3 is 2.70 bits per heavy atom. The van der Waals surface area contributed by atoms with Crippen molar-refractivity contribution < 1.29 is 4.42 Å². The first-order valence-electron chi connectivity index (χ1n) is 13.0. The zero-order valence-electron chi connectivity index (χ0n) is 21.7. The van der Waals surface area contributed by atoms with Gasteiger partial charge in [0.05, 0.1) is 18.4 Å². The topological polar surface area (TPSA) is 85.0 Å². The van der Waals surface area contributed by atoms with E-state index in [-0.39, 0.29) is 11.5 Å². The number of pyridine rings is 1. The van der Waals surface area contributed by atoms with Gasteiger partial charge in [0, 0.05) is 28.8 Å². The lowest BCUT2D eigenvalue weighted by Gasteiger charge is -2.22. The minimum absolute atomic E-state index is 0.176. The summed E-state index contributed by atoms with van der Waals surface area (Å²) in [4.78, 5) is 22.7. The van der Waals surface area contributed by atoms with Crippen LogP contribution in [0.4, 0.5) is 11.6 Å². The second-order valence-electron chi connectivity index (χ2n) is 9.98. The molecule has 37 heavy (non-hydrogen) atoms. The van der Waals surface area contributed by atoms with Crippen molar-refractivity contribution >= 4 is 22.7 Å². The van der Waals surface area contributed by atoms with Gasteiger partial charge in [0.25, 0.3) is 5.56 Å². The molecule has 0 radical (unpaired) electrons. The van der Waals surface area contributed by atoms with Crippen LogP contribution in [0.25, 0.3) is 11.0 Å². The molecule has 0 atom stereocenters. The Bertz CT molecular complexity index is 1500. The Kier molecular flexibility index (Phi) is 7.38. The minimum atomic E-state index is -0.176. The highest BCUT2D eigenvalue weighted by molar-refractivity contribution is 5.77. The molecule has 1 saturated heterocycles. The van der Waals surface area contributed by atoms with Gasteiger partial charge in [0.2, 0.25) is 5.95 Å². The SMILES string of the molecule is CC#Cc1cc2cnc(Nc3ccc(CC4CCNCC4)cc3)nc2n(Cc2ccoc2C(C)C)c1=O. The summed E-state index contributed by atoms with van der Waals surface area (Å²) in [6, 6.07) is 12.2. The highest BCUT2D eigenvalue weighted by Gasteiger charge is 2.17. The van der Waals surface area contributed by atoms with Crippen molar-refractivity contribution in [2.24, 2.45) is 5.92 Å². The molecule has 1 aliphatic rings. The van der Waals surface area contributed by atoms with Crippen LogP contribution in [-0.4, -0.2) is 27.6 Å². The number of hydrogen-bond acceptors (Lipinski definition) is 6. The van der Waals surface area contributed by atoms with Gasteiger partial charge in [0.1, 0.15) is 11.4 Å². The van der Waals surface area contributed by atoms with E-state index >= 15 is 0 Å². The van der Waals surface area contributed by atoms with E-state index in [1.165, 1.54) is 18.4 Å². The van der Waals surface area contributed by atoms with Crippen LogP contribution >= 0.6 is 0 Å². The third kappa shape index (κ3) is 5.60. The molecule has 4 heterocycles. The summed E-state index contributed by atoms with van der Waals surface area (Å²) in [7, 11) is 0. The van der Waals surface area contributed by atoms with Crippen LogP contribution < -0.4 is 16.2 Å². The fourth-order valence-corrected chi connectivity index (χ4v) is 5.02. The number of anilines is 2. The Morgan fingerprint density at radius 2 is 1.97 bits per heavy atom. The van der Waals surface area contributed by atoms with Gasteiger partial charge in [-0.25, -0.2) is 4.98 Å². The molecule has 2 N–H and O–H groups in total. The van der Waals surface area contributed by atoms with Gasteiger partial charge < -0.3 is 15.1 Å². The van der Waals surface area contributed by atoms with Crippen LogP contribution in [0.15, 0.2) is 58.1 Å². The van der Waals surface area contributed by atoms with E-state index in [2.05, 4.69) is 65.6 Å². The van der Waals surface area contributed by atoms with Crippen molar-refractivity contribution in [3.8, 4) is 11.8 Å². The fourth-order valence-electron chi connectivity index (χ4n) is 5.02. The van der Waals surface area contributed by atoms with Crippen LogP contribution in [0.2, 0.25) is 0 Å². The van der Waals surface area contributed by atoms with Crippen molar-refractivity contribution in [3.63, 3.8) is 0 Å². The second-order valence-corrected chi connectivity index (χ2v) is 9.98. The highest BCUT2D eigenvalue weighted by atomic mass is 16.3. The monoisotopic (exact) mass is 495 g/mol. The van der Waals surface area contributed by atoms with E-state index in [9.17, 15) is 4.79 Å². The maximum absolute atomic E-state index is 13.4. The summed E-state index contributed by atoms with van der Waals surface area (Å²) < 4.78 is 7.36. The number of fused-ring (bicyclic) bond motifs is 1. The third-order valence-corrected chi connectivity index (χ3v) is 6.91. The van der Waals surface area contributed by atoms with E-state index in [4.69, 9.17) is 9.40 Å². The number of piperidine rings is 1. The summed E-state index contributed by atoms with van der Waals surface area (Å²) in [5.41, 5.74) is 4.02. The zero-order valence-corrected chi connectivity index (χ0v) is 21.7. The van der Waals surface area contributed by atoms with Gasteiger partial charge >= 0.3 is 0 Å². The summed E-state index contributed by atoms with van der Waals surface area (Å²) in [5, 5.41) is 7.50. The standard InChI is InChI=1S/C30H33N5O2/c1-4-5-23-17-25-18-32-30(33-26-8-6-21(7-9-26)16-22-10-13-31-14-11-22)34-28(25)35(29(23)36)19-24-12-15-37-27(24)20(2)3/h6-9,12,15,17-18,20,22,31H,10-11,13-14,16,19H2,1-3H3,(H,32,33,34). The number of aromatic nitrogens is 3. The Hall–Kier alpha value is -3.89. The van der Waals surface area contributed by atoms with E-state index in [0.717, 1.165) is 47.8 Å². The van der Waals surface area contributed by atoms with Crippen molar-refractivity contribution in [2.45, 2.75) is 52.5 Å². The number of nitrogens with zero attached hydrogens (tertiary/aromatic N) is 3. The van der Waals surface area contributed by atoms with E-state index in [1.807, 2.05) is 6.07 Å². The van der Waals surface area contributed by atoms with Crippen LogP contribution in [0, 0.1) is 17.8 Å². The zero-order chi connectivity index (χ0) is 25.8. The van der Waals surface area contributed by atoms with E-state index in [0.29, 0.717) is 23.7 Å². The molecule has 0 spiro atoms. The van der Waals surface area contributed by atoms with E-state index < -0.39 is 0 Å². The van der Waals surface area contributed by atoms with Crippen molar-refractivity contribution in [1.82, 2.24) is 19.9 Å². The first-order valence-corrected chi connectivity index (χ1v) is 13.0. The van der Waals surface area contributed by atoms with Crippen molar-refractivity contribution in [2.75, 3.05) is 18.4 Å². The van der Waals surface area contributed by atoms with Crippen LogP contribution in [-0.2, 0) is 13.0 Å². The average Bonchev–Trinajstić information content (AvgIpc) is 3.37. The molecule has 0 amide bonds. The molecule has 7 nitrogen and oxygen atoms in total. The third-order valence-electron chi connectivity index (χ3n) is 6.91. The van der Waals surface area contributed by atoms with Gasteiger partial charge in [-0.2, -0.15) is 4.98 Å². The second kappa shape index (κ2) is 11.0. The quantitative estimate of drug-likeness (QED) is 0.342. The number of hydrogen-bond donors (Lipinski definition) is 2. The molecule has 0 saturated carbocycles. The normalized spacial score (nSPS) is 14.1. The predicted molar refractivity (Wildman–Crippen MR) is 147 cm³/mol. The summed E-state index contributed by atoms with van der Waals surface area (Å²) in [6.07, 6.45) is 6.98. The lowest BCUT2D eigenvalue weighted by molar-refractivity contribution is 0.372. The lowest BCUT2D eigenvalue weighted by atomic mass is 9.91. The predicted octanol–water partition coefficient (Wildman–Crippen LogP) is 5.21. The molecular weight excluding hydrogens is 462 g/mol. The van der Waals surface area contributed by atoms with Crippen molar-refractivity contribution in [1.29, 1.82) is 0 Å². The summed E-state index contributed by atoms with van der Waals surface area (Å²) >= 11 is 0. The maximum atomic E-state index is 13.4. The number of nitrogens with one attached hydrogen (secondary N) is 2.